The minimum atomic E-state index is -0.709. The van der Waals surface area contributed by atoms with E-state index in [1.54, 1.807) is 0 Å². The van der Waals surface area contributed by atoms with E-state index in [4.69, 9.17) is 10.5 Å². The second kappa shape index (κ2) is 8.77. The number of nitrogen functional groups attached to an aromatic ring is 1. The maximum Gasteiger partial charge on any atom is 0.351 e. The summed E-state index contributed by atoms with van der Waals surface area (Å²) in [7, 11) is 0. The number of carbonyl (C=O) groups excluding carboxylic acids is 3. The number of esters is 1. The molecule has 0 spiro atoms. The number of nitrogens with zero attached hydrogens (tertiary/aromatic N) is 1. The fraction of sp³-hybridized carbons (Fsp3) is 0.500. The largest absolute Gasteiger partial charge is 0.451 e. The molecule has 8 nitrogen and oxygen atoms in total. The van der Waals surface area contributed by atoms with Crippen LogP contribution in [-0.4, -0.2) is 35.5 Å². The highest BCUT2D eigenvalue weighted by Crippen LogP contribution is 2.35. The van der Waals surface area contributed by atoms with E-state index < -0.39 is 24.5 Å². The van der Waals surface area contributed by atoms with Crippen LogP contribution >= 0.6 is 11.3 Å². The first-order valence-electron chi connectivity index (χ1n) is 9.70. The summed E-state index contributed by atoms with van der Waals surface area (Å²) in [5.41, 5.74) is 8.15. The summed E-state index contributed by atoms with van der Waals surface area (Å²) in [6.45, 7) is 5.28. The first-order valence-corrected chi connectivity index (χ1v) is 10.5. The van der Waals surface area contributed by atoms with Crippen molar-refractivity contribution in [3.05, 3.63) is 22.2 Å². The molecule has 2 aromatic heterocycles. The highest BCUT2D eigenvalue weighted by Gasteiger charge is 2.24. The van der Waals surface area contributed by atoms with E-state index >= 15 is 0 Å². The number of nitrogens with one attached hydrogen (secondary N) is 2. The van der Waals surface area contributed by atoms with E-state index in [1.165, 1.54) is 0 Å². The van der Waals surface area contributed by atoms with Gasteiger partial charge in [-0.2, -0.15) is 0 Å². The van der Waals surface area contributed by atoms with Gasteiger partial charge in [-0.25, -0.2) is 14.6 Å². The van der Waals surface area contributed by atoms with E-state index in [0.29, 0.717) is 16.4 Å². The van der Waals surface area contributed by atoms with Crippen LogP contribution in [0.4, 0.5) is 10.5 Å². The molecule has 3 rings (SSSR count). The van der Waals surface area contributed by atoms with Crippen LogP contribution < -0.4 is 16.4 Å². The van der Waals surface area contributed by atoms with Crippen molar-refractivity contribution in [3.8, 4) is 0 Å². The lowest BCUT2D eigenvalue weighted by molar-refractivity contribution is -0.123. The number of carbonyl (C=O) groups is 3. The van der Waals surface area contributed by atoms with Crippen molar-refractivity contribution in [2.75, 3.05) is 12.3 Å². The maximum atomic E-state index is 12.4. The number of amides is 3. The van der Waals surface area contributed by atoms with Gasteiger partial charge in [-0.15, -0.1) is 11.3 Å². The third-order valence-corrected chi connectivity index (χ3v) is 6.30. The Kier molecular flexibility index (Phi) is 6.36. The molecular formula is C20H26N4O4S. The molecule has 1 fully saturated rings. The molecule has 156 valence electrons. The van der Waals surface area contributed by atoms with Gasteiger partial charge in [0.1, 0.15) is 9.71 Å². The normalized spacial score (nSPS) is 19.0. The van der Waals surface area contributed by atoms with Crippen LogP contribution in [0.5, 0.6) is 0 Å². The number of fused-ring (bicyclic) bond motifs is 1. The SMILES string of the molecule is Cc1cc(C)c2c(N)c(C(=O)OCC(=O)NC(=O)NC3CCCCC3C)sc2n1. The Morgan fingerprint density at radius 1 is 1.28 bits per heavy atom. The Bertz CT molecular complexity index is 956. The molecule has 1 aliphatic rings. The predicted molar refractivity (Wildman–Crippen MR) is 112 cm³/mol. The number of anilines is 1. The highest BCUT2D eigenvalue weighted by molar-refractivity contribution is 7.21. The van der Waals surface area contributed by atoms with Gasteiger partial charge in [-0.1, -0.05) is 19.8 Å². The second-order valence-electron chi connectivity index (χ2n) is 7.57. The number of pyridine rings is 1. The molecule has 0 radical (unpaired) electrons. The number of aryl methyl sites for hydroxylation is 2. The lowest BCUT2D eigenvalue weighted by atomic mass is 9.86. The lowest BCUT2D eigenvalue weighted by Gasteiger charge is -2.29. The Morgan fingerprint density at radius 2 is 2.00 bits per heavy atom. The number of nitrogens with two attached hydrogens (primary N) is 1. The predicted octanol–water partition coefficient (Wildman–Crippen LogP) is 3.06. The third-order valence-electron chi connectivity index (χ3n) is 5.22. The zero-order valence-electron chi connectivity index (χ0n) is 16.8. The van der Waals surface area contributed by atoms with Crippen LogP contribution in [0.1, 0.15) is 53.5 Å². The number of thiophene rings is 1. The van der Waals surface area contributed by atoms with Gasteiger partial charge in [0.05, 0.1) is 5.69 Å². The standard InChI is InChI=1S/C20H26N4O4S/c1-10-6-4-5-7-13(10)23-20(27)24-14(25)9-28-19(26)17-16(21)15-11(2)8-12(3)22-18(15)29-17/h8,10,13H,4-7,9,21H2,1-3H3,(H2,23,24,25,27). The number of hydrogen-bond donors (Lipinski definition) is 3. The fourth-order valence-electron chi connectivity index (χ4n) is 3.72. The van der Waals surface area contributed by atoms with Crippen molar-refractivity contribution >= 4 is 45.1 Å². The fourth-order valence-corrected chi connectivity index (χ4v) is 4.83. The molecule has 0 aromatic carbocycles. The topological polar surface area (TPSA) is 123 Å². The van der Waals surface area contributed by atoms with Gasteiger partial charge in [0.2, 0.25) is 0 Å². The first kappa shape index (κ1) is 21.0. The average Bonchev–Trinajstić information content (AvgIpc) is 2.98. The Labute approximate surface area is 173 Å². The number of aromatic nitrogens is 1. The van der Waals surface area contributed by atoms with Crippen LogP contribution in [0.15, 0.2) is 6.07 Å². The van der Waals surface area contributed by atoms with Gasteiger partial charge in [0.15, 0.2) is 6.61 Å². The number of hydrogen-bond acceptors (Lipinski definition) is 7. The van der Waals surface area contributed by atoms with E-state index in [1.807, 2.05) is 19.9 Å². The molecule has 0 saturated heterocycles. The summed E-state index contributed by atoms with van der Waals surface area (Å²) in [6.07, 6.45) is 4.17. The zero-order valence-corrected chi connectivity index (χ0v) is 17.6. The van der Waals surface area contributed by atoms with Gasteiger partial charge in [0.25, 0.3) is 5.91 Å². The van der Waals surface area contributed by atoms with Gasteiger partial charge in [-0.3, -0.25) is 10.1 Å². The summed E-state index contributed by atoms with van der Waals surface area (Å²) >= 11 is 1.13. The van der Waals surface area contributed by atoms with Crippen molar-refractivity contribution in [1.29, 1.82) is 0 Å². The summed E-state index contributed by atoms with van der Waals surface area (Å²) in [4.78, 5) is 41.6. The molecule has 2 heterocycles. The average molecular weight is 419 g/mol. The monoisotopic (exact) mass is 418 g/mol. The van der Waals surface area contributed by atoms with Gasteiger partial charge in [0, 0.05) is 17.1 Å². The summed E-state index contributed by atoms with van der Waals surface area (Å²) in [6, 6.07) is 1.37. The molecule has 2 unspecified atom stereocenters. The highest BCUT2D eigenvalue weighted by atomic mass is 32.1. The summed E-state index contributed by atoms with van der Waals surface area (Å²) < 4.78 is 5.05. The van der Waals surface area contributed by atoms with Gasteiger partial charge >= 0.3 is 12.0 Å². The molecule has 0 bridgehead atoms. The number of rotatable bonds is 4. The zero-order chi connectivity index (χ0) is 21.1. The van der Waals surface area contributed by atoms with Gasteiger partial charge < -0.3 is 15.8 Å². The van der Waals surface area contributed by atoms with E-state index in [0.717, 1.165) is 53.7 Å². The van der Waals surface area contributed by atoms with Crippen LogP contribution in [0.25, 0.3) is 10.2 Å². The third kappa shape index (κ3) is 4.84. The van der Waals surface area contributed by atoms with E-state index in [2.05, 4.69) is 22.5 Å². The number of imide groups is 1. The molecule has 1 aliphatic carbocycles. The molecule has 2 atom stereocenters. The molecule has 4 N–H and O–H groups in total. The Balaban J connectivity index is 1.55. The molecule has 3 amide bonds. The number of ether oxygens (including phenoxy) is 1. The van der Waals surface area contributed by atoms with Crippen LogP contribution in [0, 0.1) is 19.8 Å². The van der Waals surface area contributed by atoms with E-state index in [9.17, 15) is 14.4 Å². The van der Waals surface area contributed by atoms with E-state index in [-0.39, 0.29) is 10.9 Å². The molecule has 0 aliphatic heterocycles. The quantitative estimate of drug-likeness (QED) is 0.656. The minimum Gasteiger partial charge on any atom is -0.451 e. The second-order valence-corrected chi connectivity index (χ2v) is 8.57. The maximum absolute atomic E-state index is 12.4. The molecular weight excluding hydrogens is 392 g/mol. The van der Waals surface area contributed by atoms with Crippen molar-refractivity contribution in [1.82, 2.24) is 15.6 Å². The van der Waals surface area contributed by atoms with Crippen LogP contribution in [0.2, 0.25) is 0 Å². The molecule has 9 heteroatoms. The van der Waals surface area contributed by atoms with Crippen molar-refractivity contribution in [2.45, 2.75) is 52.5 Å². The summed E-state index contributed by atoms with van der Waals surface area (Å²) in [5, 5.41) is 5.75. The van der Waals surface area contributed by atoms with Crippen molar-refractivity contribution in [3.63, 3.8) is 0 Å². The first-order chi connectivity index (χ1) is 13.8. The molecule has 1 saturated carbocycles. The number of urea groups is 1. The molecule has 29 heavy (non-hydrogen) atoms. The van der Waals surface area contributed by atoms with Gasteiger partial charge in [-0.05, 0) is 44.2 Å². The summed E-state index contributed by atoms with van der Waals surface area (Å²) in [5.74, 6) is -1.03. The Hall–Kier alpha value is -2.68. The molecule has 2 aromatic rings. The Morgan fingerprint density at radius 3 is 2.72 bits per heavy atom. The van der Waals surface area contributed by atoms with Crippen molar-refractivity contribution < 1.29 is 19.1 Å². The smallest absolute Gasteiger partial charge is 0.351 e. The van der Waals surface area contributed by atoms with Crippen molar-refractivity contribution in [2.24, 2.45) is 5.92 Å². The lowest BCUT2D eigenvalue weighted by Crippen LogP contribution is -2.48. The van der Waals surface area contributed by atoms with Crippen LogP contribution in [0.3, 0.4) is 0 Å². The minimum absolute atomic E-state index is 0.0524. The van der Waals surface area contributed by atoms with Crippen LogP contribution in [-0.2, 0) is 9.53 Å².